The van der Waals surface area contributed by atoms with Crippen molar-refractivity contribution in [2.24, 2.45) is 0 Å². The normalized spacial score (nSPS) is 14.2. The van der Waals surface area contributed by atoms with Gasteiger partial charge in [-0.25, -0.2) is 4.79 Å². The Hall–Kier alpha value is -1.16. The van der Waals surface area contributed by atoms with Crippen molar-refractivity contribution < 1.29 is 24.3 Å². The summed E-state index contributed by atoms with van der Waals surface area (Å²) >= 11 is 0. The summed E-state index contributed by atoms with van der Waals surface area (Å²) < 4.78 is 0.353. The number of rotatable bonds is 12. The van der Waals surface area contributed by atoms with Crippen molar-refractivity contribution in [3.63, 3.8) is 0 Å². The number of unbranched alkanes of at least 4 members (excludes halogenated alkanes) is 5. The van der Waals surface area contributed by atoms with Gasteiger partial charge >= 0.3 is 0 Å². The molecule has 0 amide bonds. The van der Waals surface area contributed by atoms with Crippen LogP contribution in [0.5, 0.6) is 0 Å². The van der Waals surface area contributed by atoms with E-state index in [4.69, 9.17) is 0 Å². The maximum absolute atomic E-state index is 11.2. The fraction of sp³-hybridized carbons (Fsp3) is 0.824. The van der Waals surface area contributed by atoms with Crippen LogP contribution in [0.15, 0.2) is 5.57 Å². The zero-order valence-corrected chi connectivity index (χ0v) is 14.5. The first kappa shape index (κ1) is 20.8. The number of hydrogen-bond acceptors (Lipinski definition) is 4. The molecule has 0 rings (SSSR count). The molecule has 22 heavy (non-hydrogen) atoms. The van der Waals surface area contributed by atoms with Gasteiger partial charge in [-0.15, -0.1) is 0 Å². The average molecular weight is 313 g/mol. The van der Waals surface area contributed by atoms with Crippen LogP contribution < -0.4 is 5.11 Å². The minimum atomic E-state index is -1.68. The molecule has 0 saturated carbocycles. The smallest absolute Gasteiger partial charge is 0.150 e. The summed E-state index contributed by atoms with van der Waals surface area (Å²) in [6, 6.07) is 0. The Balaban J connectivity index is 4.72. The lowest BCUT2D eigenvalue weighted by atomic mass is 9.86. The molecule has 0 fully saturated rings. The highest BCUT2D eigenvalue weighted by atomic mass is 16.4. The molecule has 1 atom stereocenters. The van der Waals surface area contributed by atoms with E-state index >= 15 is 0 Å². The number of hydrogen-bond donors (Lipinski definition) is 1. The zero-order valence-electron chi connectivity index (χ0n) is 14.5. The van der Waals surface area contributed by atoms with E-state index in [1.54, 1.807) is 5.94 Å². The number of nitrogens with zero attached hydrogens (tertiary/aromatic N) is 1. The van der Waals surface area contributed by atoms with Gasteiger partial charge in [0.15, 0.2) is 0 Å². The van der Waals surface area contributed by atoms with E-state index < -0.39 is 18.0 Å². The van der Waals surface area contributed by atoms with E-state index in [1.165, 1.54) is 19.3 Å². The molecule has 0 heterocycles. The molecule has 0 aliphatic rings. The zero-order chi connectivity index (χ0) is 17.2. The second-order valence-corrected chi connectivity index (χ2v) is 7.13. The Morgan fingerprint density at radius 2 is 1.68 bits per heavy atom. The number of aliphatic carboxylic acids is 1. The van der Waals surface area contributed by atoms with Crippen LogP contribution in [0, 0.1) is 0 Å². The van der Waals surface area contributed by atoms with Crippen LogP contribution in [0.4, 0.5) is 0 Å². The number of likely N-dealkylation sites (N-methyl/N-ethyl adjacent to an activating group) is 1. The van der Waals surface area contributed by atoms with Crippen molar-refractivity contribution in [2.75, 3.05) is 27.7 Å². The minimum Gasteiger partial charge on any atom is -0.550 e. The van der Waals surface area contributed by atoms with Crippen LogP contribution in [0.2, 0.25) is 0 Å². The van der Waals surface area contributed by atoms with Gasteiger partial charge < -0.3 is 19.5 Å². The summed E-state index contributed by atoms with van der Waals surface area (Å²) in [5, 5.41) is 21.6. The number of carbonyl (C=O) groups is 1. The third-order valence-corrected chi connectivity index (χ3v) is 3.64. The Morgan fingerprint density at radius 3 is 2.14 bits per heavy atom. The van der Waals surface area contributed by atoms with Gasteiger partial charge in [-0.1, -0.05) is 39.0 Å². The maximum Gasteiger partial charge on any atom is 0.150 e. The van der Waals surface area contributed by atoms with Crippen LogP contribution >= 0.6 is 0 Å². The van der Waals surface area contributed by atoms with Gasteiger partial charge in [0.05, 0.1) is 26.7 Å². The van der Waals surface area contributed by atoms with Gasteiger partial charge in [0, 0.05) is 12.4 Å². The Morgan fingerprint density at radius 1 is 1.14 bits per heavy atom. The first-order valence-corrected chi connectivity index (χ1v) is 8.12. The van der Waals surface area contributed by atoms with E-state index in [2.05, 4.69) is 6.92 Å². The van der Waals surface area contributed by atoms with Gasteiger partial charge in [-0.2, -0.15) is 0 Å². The highest BCUT2D eigenvalue weighted by molar-refractivity contribution is 5.69. The van der Waals surface area contributed by atoms with Gasteiger partial charge in [0.25, 0.3) is 0 Å². The molecule has 1 N–H and O–H groups in total. The van der Waals surface area contributed by atoms with Crippen molar-refractivity contribution >= 4 is 11.9 Å². The number of carboxylic acids is 1. The third kappa shape index (κ3) is 8.98. The second-order valence-electron chi connectivity index (χ2n) is 7.13. The minimum absolute atomic E-state index is 0.140. The van der Waals surface area contributed by atoms with Crippen LogP contribution in [0.3, 0.4) is 0 Å². The number of aliphatic hydroxyl groups is 1. The van der Waals surface area contributed by atoms with Gasteiger partial charge in [0.2, 0.25) is 0 Å². The van der Waals surface area contributed by atoms with E-state index in [1.807, 2.05) is 21.1 Å². The van der Waals surface area contributed by atoms with Gasteiger partial charge in [-0.3, -0.25) is 0 Å². The molecule has 0 aromatic heterocycles. The molecule has 0 aliphatic carbocycles. The van der Waals surface area contributed by atoms with E-state index in [-0.39, 0.29) is 12.1 Å². The fourth-order valence-electron chi connectivity index (χ4n) is 2.74. The Kier molecular flexibility index (Phi) is 9.26. The molecule has 0 bridgehead atoms. The van der Waals surface area contributed by atoms with Crippen molar-refractivity contribution in [3.05, 3.63) is 5.57 Å². The van der Waals surface area contributed by atoms with Crippen molar-refractivity contribution in [3.8, 4) is 0 Å². The second kappa shape index (κ2) is 9.78. The lowest BCUT2D eigenvalue weighted by Crippen LogP contribution is -2.53. The van der Waals surface area contributed by atoms with E-state index in [0.29, 0.717) is 10.9 Å². The highest BCUT2D eigenvalue weighted by Gasteiger charge is 2.38. The van der Waals surface area contributed by atoms with Crippen LogP contribution in [-0.4, -0.2) is 54.8 Å². The largest absolute Gasteiger partial charge is 0.550 e. The van der Waals surface area contributed by atoms with Crippen molar-refractivity contribution in [1.82, 2.24) is 0 Å². The van der Waals surface area contributed by atoms with Crippen molar-refractivity contribution in [1.29, 1.82) is 0 Å². The maximum atomic E-state index is 11.2. The topological polar surface area (TPSA) is 77.4 Å². The lowest BCUT2D eigenvalue weighted by Gasteiger charge is -2.36. The summed E-state index contributed by atoms with van der Waals surface area (Å²) in [5.41, 5.74) is -1.53. The molecule has 0 aliphatic heterocycles. The lowest BCUT2D eigenvalue weighted by molar-refractivity contribution is -0.876. The quantitative estimate of drug-likeness (QED) is 0.332. The summed E-state index contributed by atoms with van der Waals surface area (Å²) in [4.78, 5) is 22.2. The summed E-state index contributed by atoms with van der Waals surface area (Å²) in [7, 11) is 5.52. The molecule has 0 radical (unpaired) electrons. The fourth-order valence-corrected chi connectivity index (χ4v) is 2.74. The van der Waals surface area contributed by atoms with Crippen molar-refractivity contribution in [2.45, 2.75) is 63.9 Å². The molecule has 1 unspecified atom stereocenters. The predicted molar refractivity (Wildman–Crippen MR) is 84.7 cm³/mol. The molecule has 0 spiro atoms. The highest BCUT2D eigenvalue weighted by Crippen LogP contribution is 2.26. The molecule has 5 nitrogen and oxygen atoms in total. The number of carboxylic acid groups (broad SMARTS) is 1. The number of quaternary nitrogens is 1. The SMILES string of the molecule is CCCCCCCCC(=C=O)C(O)(CC(=O)[O-])C[N+](C)(C)C. The molecule has 5 heteroatoms. The number of carbonyl (C=O) groups excluding carboxylic acids is 2. The molecule has 128 valence electrons. The molecular formula is C17H31NO4. The standard InChI is InChI=1S/C17H31NO4/c1-5-6-7-8-9-10-11-15(13-19)17(22,12-16(20)21)14-18(2,3)4/h22H,5-12,14H2,1-4H3. The average Bonchev–Trinajstić information content (AvgIpc) is 2.34. The first-order chi connectivity index (χ1) is 10.1. The molecular weight excluding hydrogens is 282 g/mol. The Labute approximate surface area is 134 Å². The van der Waals surface area contributed by atoms with Gasteiger partial charge in [-0.05, 0) is 12.8 Å². The molecule has 0 saturated heterocycles. The monoisotopic (exact) mass is 313 g/mol. The first-order valence-electron chi connectivity index (χ1n) is 8.12. The molecule has 0 aromatic carbocycles. The van der Waals surface area contributed by atoms with Crippen LogP contribution in [-0.2, 0) is 9.59 Å². The van der Waals surface area contributed by atoms with E-state index in [9.17, 15) is 19.8 Å². The summed E-state index contributed by atoms with van der Waals surface area (Å²) in [6.07, 6.45) is 6.19. The third-order valence-electron chi connectivity index (χ3n) is 3.64. The van der Waals surface area contributed by atoms with Gasteiger partial charge in [0.1, 0.15) is 18.1 Å². The Bertz CT molecular complexity index is 394. The summed E-state index contributed by atoms with van der Waals surface area (Å²) in [5.74, 6) is 0.433. The predicted octanol–water partition coefficient (Wildman–Crippen LogP) is 1.07. The van der Waals surface area contributed by atoms with Crippen LogP contribution in [0.1, 0.15) is 58.3 Å². The summed E-state index contributed by atoms with van der Waals surface area (Å²) in [6.45, 7) is 2.29. The van der Waals surface area contributed by atoms with E-state index in [0.717, 1.165) is 19.3 Å². The van der Waals surface area contributed by atoms with Crippen LogP contribution in [0.25, 0.3) is 0 Å². The molecule has 0 aromatic rings.